The van der Waals surface area contributed by atoms with Crippen molar-refractivity contribution in [2.24, 2.45) is 5.73 Å². The van der Waals surface area contributed by atoms with E-state index in [1.165, 1.54) is 7.11 Å². The molecule has 0 rings (SSSR count). The molecule has 0 radical (unpaired) electrons. The number of hydrogen-bond donors (Lipinski definition) is 2. The van der Waals surface area contributed by atoms with Crippen molar-refractivity contribution in [2.75, 3.05) is 7.11 Å². The molecule has 0 aromatic heterocycles. The van der Waals surface area contributed by atoms with E-state index in [1.54, 1.807) is 0 Å². The molecule has 0 saturated carbocycles. The second-order valence-corrected chi connectivity index (χ2v) is 1.71. The van der Waals surface area contributed by atoms with Gasteiger partial charge in [-0.2, -0.15) is 0 Å². The molecule has 9 heavy (non-hydrogen) atoms. The van der Waals surface area contributed by atoms with E-state index in [4.69, 9.17) is 10.8 Å². The highest BCUT2D eigenvalue weighted by atomic mass is 16.5. The van der Waals surface area contributed by atoms with Crippen LogP contribution in [0.3, 0.4) is 0 Å². The minimum absolute atomic E-state index is 0.0645. The first-order valence-corrected chi connectivity index (χ1v) is 2.67. The summed E-state index contributed by atoms with van der Waals surface area (Å²) in [6.07, 6.45) is -0.0120. The van der Waals surface area contributed by atoms with E-state index >= 15 is 0 Å². The van der Waals surface area contributed by atoms with Gasteiger partial charge in [0.1, 0.15) is 6.23 Å². The first kappa shape index (κ1) is 8.39. The molecular weight excluding hydrogens is 122 g/mol. The van der Waals surface area contributed by atoms with Gasteiger partial charge in [0.25, 0.3) is 0 Å². The van der Waals surface area contributed by atoms with Crippen LogP contribution in [0.4, 0.5) is 0 Å². The summed E-state index contributed by atoms with van der Waals surface area (Å²) < 4.78 is 4.62. The van der Waals surface area contributed by atoms with Gasteiger partial charge in [0, 0.05) is 13.5 Å². The largest absolute Gasteiger partial charge is 0.481 e. The Morgan fingerprint density at radius 1 is 1.89 bits per heavy atom. The van der Waals surface area contributed by atoms with Crippen molar-refractivity contribution in [2.45, 2.75) is 19.1 Å². The Hall–Kier alpha value is -0.610. The molecule has 1 atom stereocenters. The van der Waals surface area contributed by atoms with Gasteiger partial charge >= 0.3 is 5.97 Å². The third-order valence-electron chi connectivity index (χ3n) is 0.945. The van der Waals surface area contributed by atoms with E-state index in [1.807, 2.05) is 0 Å². The maximum absolute atomic E-state index is 9.91. The van der Waals surface area contributed by atoms with Crippen LogP contribution >= 0.6 is 0 Å². The number of hydrogen-bond acceptors (Lipinski definition) is 3. The average molecular weight is 133 g/mol. The molecule has 54 valence electrons. The summed E-state index contributed by atoms with van der Waals surface area (Å²) >= 11 is 0. The first-order chi connectivity index (χ1) is 4.16. The summed E-state index contributed by atoms with van der Waals surface area (Å²) in [5.41, 5.74) is 5.24. The van der Waals surface area contributed by atoms with Gasteiger partial charge in [-0.15, -0.1) is 0 Å². The summed E-state index contributed by atoms with van der Waals surface area (Å²) in [5.74, 6) is -0.845. The molecule has 3 N–H and O–H groups in total. The van der Waals surface area contributed by atoms with Crippen molar-refractivity contribution in [3.05, 3.63) is 0 Å². The summed E-state index contributed by atoms with van der Waals surface area (Å²) in [5, 5.41) is 8.15. The fourth-order valence-electron chi connectivity index (χ4n) is 0.384. The molecule has 0 spiro atoms. The predicted octanol–water partition coefficient (Wildman–Crippen LogP) is -0.218. The van der Waals surface area contributed by atoms with Crippen LogP contribution in [0.1, 0.15) is 12.8 Å². The Morgan fingerprint density at radius 3 is 2.78 bits per heavy atom. The van der Waals surface area contributed by atoms with E-state index in [0.29, 0.717) is 6.42 Å². The topological polar surface area (TPSA) is 72.5 Å². The number of carboxylic acids is 1. The minimum Gasteiger partial charge on any atom is -0.481 e. The predicted molar refractivity (Wildman–Crippen MR) is 31.9 cm³/mol. The molecule has 4 nitrogen and oxygen atoms in total. The average Bonchev–Trinajstić information content (AvgIpc) is 1.83. The van der Waals surface area contributed by atoms with Gasteiger partial charge in [0.2, 0.25) is 0 Å². The molecule has 0 bridgehead atoms. The highest BCUT2D eigenvalue weighted by Crippen LogP contribution is 1.93. The lowest BCUT2D eigenvalue weighted by Crippen LogP contribution is -2.22. The van der Waals surface area contributed by atoms with Crippen LogP contribution in [-0.4, -0.2) is 24.4 Å². The lowest BCUT2D eigenvalue weighted by molar-refractivity contribution is -0.137. The highest BCUT2D eigenvalue weighted by Gasteiger charge is 2.02. The molecule has 0 amide bonds. The van der Waals surface area contributed by atoms with Gasteiger partial charge in [-0.05, 0) is 6.42 Å². The Kier molecular flexibility index (Phi) is 4.00. The third kappa shape index (κ3) is 5.26. The Morgan fingerprint density at radius 2 is 2.44 bits per heavy atom. The summed E-state index contributed by atoms with van der Waals surface area (Å²) in [4.78, 5) is 9.91. The van der Waals surface area contributed by atoms with Gasteiger partial charge in [-0.1, -0.05) is 0 Å². The number of carbonyl (C=O) groups is 1. The summed E-state index contributed by atoms with van der Waals surface area (Å²) in [6, 6.07) is 0. The molecular formula is C5H11NO3. The number of rotatable bonds is 4. The monoisotopic (exact) mass is 133 g/mol. The van der Waals surface area contributed by atoms with Crippen LogP contribution in [0.2, 0.25) is 0 Å². The Labute approximate surface area is 53.6 Å². The second kappa shape index (κ2) is 4.29. The van der Waals surface area contributed by atoms with Gasteiger partial charge in [0.05, 0.1) is 0 Å². The molecule has 0 aliphatic heterocycles. The number of aliphatic carboxylic acids is 1. The highest BCUT2D eigenvalue weighted by molar-refractivity contribution is 5.66. The minimum atomic E-state index is -0.845. The van der Waals surface area contributed by atoms with Gasteiger partial charge < -0.3 is 15.6 Å². The fraction of sp³-hybridized carbons (Fsp3) is 0.800. The maximum atomic E-state index is 9.91. The fourth-order valence-corrected chi connectivity index (χ4v) is 0.384. The van der Waals surface area contributed by atoms with Crippen LogP contribution in [0.25, 0.3) is 0 Å². The van der Waals surface area contributed by atoms with Crippen molar-refractivity contribution in [3.8, 4) is 0 Å². The quantitative estimate of drug-likeness (QED) is 0.520. The molecule has 0 fully saturated rings. The zero-order chi connectivity index (χ0) is 7.28. The van der Waals surface area contributed by atoms with Crippen LogP contribution in [-0.2, 0) is 9.53 Å². The van der Waals surface area contributed by atoms with E-state index < -0.39 is 12.2 Å². The third-order valence-corrected chi connectivity index (χ3v) is 0.945. The van der Waals surface area contributed by atoms with Crippen molar-refractivity contribution in [1.82, 2.24) is 0 Å². The van der Waals surface area contributed by atoms with E-state index in [2.05, 4.69) is 4.74 Å². The lowest BCUT2D eigenvalue weighted by atomic mass is 10.3. The van der Waals surface area contributed by atoms with Crippen LogP contribution in [0, 0.1) is 0 Å². The van der Waals surface area contributed by atoms with E-state index in [9.17, 15) is 4.79 Å². The molecule has 0 aromatic rings. The van der Waals surface area contributed by atoms with Crippen molar-refractivity contribution in [3.63, 3.8) is 0 Å². The molecule has 0 aliphatic rings. The maximum Gasteiger partial charge on any atom is 0.303 e. The smallest absolute Gasteiger partial charge is 0.303 e. The number of ether oxygens (including phenoxy) is 1. The van der Waals surface area contributed by atoms with Gasteiger partial charge in [-0.25, -0.2) is 0 Å². The Bertz CT molecular complexity index is 94.2. The standard InChI is InChI=1S/C5H11NO3/c1-9-4(6)2-3-5(7)8/h4H,2-3,6H2,1H3,(H,7,8)/t4-/m0/s1. The number of nitrogens with two attached hydrogens (primary N) is 1. The molecule has 4 heteroatoms. The normalized spacial score (nSPS) is 13.1. The zero-order valence-corrected chi connectivity index (χ0v) is 5.33. The Balaban J connectivity index is 3.16. The van der Waals surface area contributed by atoms with Gasteiger partial charge in [-0.3, -0.25) is 4.79 Å². The van der Waals surface area contributed by atoms with E-state index in [-0.39, 0.29) is 6.42 Å². The van der Waals surface area contributed by atoms with Crippen LogP contribution in [0.15, 0.2) is 0 Å². The molecule has 0 aromatic carbocycles. The van der Waals surface area contributed by atoms with Gasteiger partial charge in [0.15, 0.2) is 0 Å². The molecule has 0 saturated heterocycles. The van der Waals surface area contributed by atoms with Crippen molar-refractivity contribution < 1.29 is 14.6 Å². The summed E-state index contributed by atoms with van der Waals surface area (Å²) in [6.45, 7) is 0. The SMILES string of the molecule is CO[C@H](N)CCC(=O)O. The van der Waals surface area contributed by atoms with Crippen LogP contribution in [0.5, 0.6) is 0 Å². The number of methoxy groups -OCH3 is 1. The molecule has 0 unspecified atom stereocenters. The second-order valence-electron chi connectivity index (χ2n) is 1.71. The molecule has 0 aliphatic carbocycles. The number of carboxylic acid groups (broad SMARTS) is 1. The van der Waals surface area contributed by atoms with Crippen LogP contribution < -0.4 is 5.73 Å². The molecule has 0 heterocycles. The van der Waals surface area contributed by atoms with Crippen molar-refractivity contribution in [1.29, 1.82) is 0 Å². The van der Waals surface area contributed by atoms with Crippen molar-refractivity contribution >= 4 is 5.97 Å². The summed E-state index contributed by atoms with van der Waals surface area (Å²) in [7, 11) is 1.45. The first-order valence-electron chi connectivity index (χ1n) is 2.67. The zero-order valence-electron chi connectivity index (χ0n) is 5.33. The lowest BCUT2D eigenvalue weighted by Gasteiger charge is -2.05. The van der Waals surface area contributed by atoms with E-state index in [0.717, 1.165) is 0 Å².